The van der Waals surface area contributed by atoms with Gasteiger partial charge in [0.25, 0.3) is 0 Å². The summed E-state index contributed by atoms with van der Waals surface area (Å²) in [5, 5.41) is 0. The summed E-state index contributed by atoms with van der Waals surface area (Å²) in [5.41, 5.74) is 0. The van der Waals surface area contributed by atoms with Crippen molar-refractivity contribution in [2.24, 2.45) is 11.8 Å². The molecule has 2 aliphatic heterocycles. The van der Waals surface area contributed by atoms with Crippen LogP contribution in [0.2, 0.25) is 0 Å². The van der Waals surface area contributed by atoms with Crippen molar-refractivity contribution >= 4 is 10.0 Å². The van der Waals surface area contributed by atoms with Crippen molar-refractivity contribution in [3.63, 3.8) is 0 Å². The highest BCUT2D eigenvalue weighted by atomic mass is 32.2. The first-order chi connectivity index (χ1) is 9.47. The van der Waals surface area contributed by atoms with Crippen LogP contribution in [-0.2, 0) is 14.8 Å². The van der Waals surface area contributed by atoms with Crippen LogP contribution in [0.5, 0.6) is 0 Å². The van der Waals surface area contributed by atoms with Crippen molar-refractivity contribution in [1.82, 2.24) is 9.21 Å². The SMILES string of the molecule is CN(C)CCC1CCN(S(=O)(=O)C[C@H]2CCOC2)CC1. The van der Waals surface area contributed by atoms with Crippen LogP contribution in [0.25, 0.3) is 0 Å². The van der Waals surface area contributed by atoms with E-state index >= 15 is 0 Å². The third-order valence-electron chi connectivity index (χ3n) is 4.42. The maximum Gasteiger partial charge on any atom is 0.214 e. The molecule has 0 aromatic rings. The Morgan fingerprint density at radius 2 is 1.85 bits per heavy atom. The largest absolute Gasteiger partial charge is 0.381 e. The van der Waals surface area contributed by atoms with Gasteiger partial charge in [-0.2, -0.15) is 0 Å². The van der Waals surface area contributed by atoms with Crippen LogP contribution >= 0.6 is 0 Å². The van der Waals surface area contributed by atoms with Crippen LogP contribution in [-0.4, -0.2) is 70.3 Å². The molecule has 20 heavy (non-hydrogen) atoms. The van der Waals surface area contributed by atoms with Crippen molar-refractivity contribution in [2.45, 2.75) is 25.7 Å². The van der Waals surface area contributed by atoms with E-state index in [1.165, 1.54) is 6.42 Å². The maximum absolute atomic E-state index is 12.4. The van der Waals surface area contributed by atoms with E-state index in [-0.39, 0.29) is 11.7 Å². The molecule has 0 bridgehead atoms. The van der Waals surface area contributed by atoms with Crippen molar-refractivity contribution in [2.75, 3.05) is 52.7 Å². The van der Waals surface area contributed by atoms with Gasteiger partial charge in [-0.25, -0.2) is 12.7 Å². The number of hydrogen-bond acceptors (Lipinski definition) is 4. The minimum atomic E-state index is -3.08. The first-order valence-electron chi connectivity index (χ1n) is 7.67. The van der Waals surface area contributed by atoms with Crippen LogP contribution in [0.15, 0.2) is 0 Å². The Hall–Kier alpha value is -0.170. The summed E-state index contributed by atoms with van der Waals surface area (Å²) in [4.78, 5) is 2.20. The molecule has 0 aromatic carbocycles. The second-order valence-corrected chi connectivity index (χ2v) is 8.46. The predicted octanol–water partition coefficient (Wildman–Crippen LogP) is 1.02. The quantitative estimate of drug-likeness (QED) is 0.735. The van der Waals surface area contributed by atoms with Gasteiger partial charge < -0.3 is 9.64 Å². The Kier molecular flexibility index (Phi) is 5.84. The lowest BCUT2D eigenvalue weighted by Gasteiger charge is -2.32. The lowest BCUT2D eigenvalue weighted by molar-refractivity contribution is 0.188. The van der Waals surface area contributed by atoms with Crippen LogP contribution in [0.1, 0.15) is 25.7 Å². The predicted molar refractivity (Wildman–Crippen MR) is 80.2 cm³/mol. The van der Waals surface area contributed by atoms with E-state index < -0.39 is 10.0 Å². The van der Waals surface area contributed by atoms with E-state index in [0.717, 1.165) is 25.8 Å². The maximum atomic E-state index is 12.4. The highest BCUT2D eigenvalue weighted by Crippen LogP contribution is 2.24. The second-order valence-electron chi connectivity index (χ2n) is 6.44. The normalized spacial score (nSPS) is 26.4. The third kappa shape index (κ3) is 4.69. The first kappa shape index (κ1) is 16.2. The summed E-state index contributed by atoms with van der Waals surface area (Å²) >= 11 is 0. The minimum absolute atomic E-state index is 0.200. The Morgan fingerprint density at radius 3 is 2.40 bits per heavy atom. The van der Waals surface area contributed by atoms with Crippen LogP contribution in [0, 0.1) is 11.8 Å². The molecule has 0 aromatic heterocycles. The lowest BCUT2D eigenvalue weighted by Crippen LogP contribution is -2.41. The lowest BCUT2D eigenvalue weighted by atomic mass is 9.94. The molecule has 5 nitrogen and oxygen atoms in total. The van der Waals surface area contributed by atoms with E-state index in [0.29, 0.717) is 32.2 Å². The number of sulfonamides is 1. The van der Waals surface area contributed by atoms with Gasteiger partial charge >= 0.3 is 0 Å². The first-order valence-corrected chi connectivity index (χ1v) is 9.28. The van der Waals surface area contributed by atoms with Gasteiger partial charge in [-0.1, -0.05) is 0 Å². The van der Waals surface area contributed by atoms with Crippen molar-refractivity contribution in [3.05, 3.63) is 0 Å². The topological polar surface area (TPSA) is 49.9 Å². The Bertz CT molecular complexity index is 383. The molecule has 2 aliphatic rings. The van der Waals surface area contributed by atoms with Gasteiger partial charge in [0.2, 0.25) is 10.0 Å². The Labute approximate surface area is 123 Å². The molecular weight excluding hydrogens is 276 g/mol. The van der Waals surface area contributed by atoms with Crippen LogP contribution in [0.3, 0.4) is 0 Å². The average molecular weight is 304 g/mol. The zero-order chi connectivity index (χ0) is 14.6. The number of ether oxygens (including phenoxy) is 1. The van der Waals surface area contributed by atoms with Crippen molar-refractivity contribution in [3.8, 4) is 0 Å². The summed E-state index contributed by atoms with van der Waals surface area (Å²) in [6.07, 6.45) is 4.08. The molecule has 6 heteroatoms. The number of rotatable bonds is 6. The molecule has 0 N–H and O–H groups in total. The van der Waals surface area contributed by atoms with E-state index in [4.69, 9.17) is 4.74 Å². The molecule has 118 valence electrons. The summed E-state index contributed by atoms with van der Waals surface area (Å²) in [6, 6.07) is 0. The fourth-order valence-corrected chi connectivity index (χ4v) is 4.87. The van der Waals surface area contributed by atoms with Gasteiger partial charge in [0.05, 0.1) is 12.4 Å². The molecule has 2 rings (SSSR count). The average Bonchev–Trinajstić information content (AvgIpc) is 2.89. The standard InChI is InChI=1S/C14H28N2O3S/c1-15(2)7-3-13-4-8-16(9-5-13)20(17,18)12-14-6-10-19-11-14/h13-14H,3-12H2,1-2H3/t14-/m0/s1. The zero-order valence-electron chi connectivity index (χ0n) is 12.8. The summed E-state index contributed by atoms with van der Waals surface area (Å²) in [7, 11) is 1.09. The fourth-order valence-electron chi connectivity index (χ4n) is 3.03. The molecule has 2 saturated heterocycles. The van der Waals surface area contributed by atoms with E-state index in [1.54, 1.807) is 4.31 Å². The van der Waals surface area contributed by atoms with Crippen molar-refractivity contribution < 1.29 is 13.2 Å². The van der Waals surface area contributed by atoms with E-state index in [1.807, 2.05) is 0 Å². The van der Waals surface area contributed by atoms with Gasteiger partial charge in [0.1, 0.15) is 0 Å². The summed E-state index contributed by atoms with van der Waals surface area (Å²) in [5.74, 6) is 1.15. The van der Waals surface area contributed by atoms with Gasteiger partial charge in [0.15, 0.2) is 0 Å². The van der Waals surface area contributed by atoms with Gasteiger partial charge in [0, 0.05) is 19.7 Å². The number of piperidine rings is 1. The molecule has 0 aliphatic carbocycles. The van der Waals surface area contributed by atoms with Crippen LogP contribution < -0.4 is 0 Å². The second kappa shape index (κ2) is 7.20. The summed E-state index contributed by atoms with van der Waals surface area (Å²) in [6.45, 7) is 3.82. The highest BCUT2D eigenvalue weighted by molar-refractivity contribution is 7.89. The summed E-state index contributed by atoms with van der Waals surface area (Å²) < 4.78 is 31.7. The Morgan fingerprint density at radius 1 is 1.15 bits per heavy atom. The van der Waals surface area contributed by atoms with Gasteiger partial charge in [-0.15, -0.1) is 0 Å². The molecular formula is C14H28N2O3S. The molecule has 0 saturated carbocycles. The van der Waals surface area contributed by atoms with E-state index in [9.17, 15) is 8.42 Å². The smallest absolute Gasteiger partial charge is 0.214 e. The van der Waals surface area contributed by atoms with Gasteiger partial charge in [-0.3, -0.25) is 0 Å². The van der Waals surface area contributed by atoms with Crippen LogP contribution in [0.4, 0.5) is 0 Å². The minimum Gasteiger partial charge on any atom is -0.381 e. The van der Waals surface area contributed by atoms with E-state index in [2.05, 4.69) is 19.0 Å². The van der Waals surface area contributed by atoms with Gasteiger partial charge in [-0.05, 0) is 58.2 Å². The third-order valence-corrected chi connectivity index (χ3v) is 6.47. The molecule has 0 spiro atoms. The molecule has 2 fully saturated rings. The molecule has 1 atom stereocenters. The monoisotopic (exact) mass is 304 g/mol. The van der Waals surface area contributed by atoms with Crippen molar-refractivity contribution in [1.29, 1.82) is 0 Å². The zero-order valence-corrected chi connectivity index (χ0v) is 13.6. The number of nitrogens with zero attached hydrogens (tertiary/aromatic N) is 2. The molecule has 2 heterocycles. The molecule has 0 amide bonds. The Balaban J connectivity index is 1.77. The fraction of sp³-hybridized carbons (Fsp3) is 1.00. The molecule has 0 unspecified atom stereocenters. The highest BCUT2D eigenvalue weighted by Gasteiger charge is 2.31. The molecule has 0 radical (unpaired) electrons. The number of hydrogen-bond donors (Lipinski definition) is 0.